The van der Waals surface area contributed by atoms with Crippen molar-refractivity contribution < 1.29 is 19.4 Å². The monoisotopic (exact) mass is 386 g/mol. The average Bonchev–Trinajstić information content (AvgIpc) is 2.60. The molecule has 1 saturated heterocycles. The number of carbonyl (C=O) groups is 1. The molecule has 3 N–H and O–H groups in total. The average molecular weight is 387 g/mol. The maximum atomic E-state index is 12.7. The van der Waals surface area contributed by atoms with Crippen LogP contribution in [0.4, 0.5) is 0 Å². The summed E-state index contributed by atoms with van der Waals surface area (Å²) in [5, 5.41) is 16.6. The molecule has 1 aliphatic heterocycles. The number of ether oxygens (including phenoxy) is 2. The Bertz CT molecular complexity index is 557. The van der Waals surface area contributed by atoms with Crippen LogP contribution < -0.4 is 15.4 Å². The molecule has 148 valence electrons. The molecule has 1 unspecified atom stereocenters. The minimum absolute atomic E-state index is 0. The van der Waals surface area contributed by atoms with Crippen LogP contribution >= 0.6 is 12.4 Å². The first kappa shape index (κ1) is 22.7. The molecule has 7 heteroatoms. The van der Waals surface area contributed by atoms with Crippen molar-refractivity contribution in [1.29, 1.82) is 0 Å². The largest absolute Gasteiger partial charge is 0.491 e. The quantitative estimate of drug-likeness (QED) is 0.637. The maximum absolute atomic E-state index is 12.7. The predicted octanol–water partition coefficient (Wildman–Crippen LogP) is 2.06. The van der Waals surface area contributed by atoms with Gasteiger partial charge in [0.25, 0.3) is 0 Å². The Labute approximate surface area is 162 Å². The molecule has 26 heavy (non-hydrogen) atoms. The van der Waals surface area contributed by atoms with Gasteiger partial charge in [0.1, 0.15) is 5.75 Å². The minimum atomic E-state index is -0.777. The molecule has 1 amide bonds. The number of carbonyl (C=O) groups excluding carboxylic acids is 1. The fourth-order valence-corrected chi connectivity index (χ4v) is 3.18. The van der Waals surface area contributed by atoms with Crippen LogP contribution in [0.3, 0.4) is 0 Å². The van der Waals surface area contributed by atoms with Gasteiger partial charge in [-0.2, -0.15) is 0 Å². The highest BCUT2D eigenvalue weighted by Crippen LogP contribution is 2.29. The first-order chi connectivity index (χ1) is 12.0. The summed E-state index contributed by atoms with van der Waals surface area (Å²) < 4.78 is 10.9. The summed E-state index contributed by atoms with van der Waals surface area (Å²) in [4.78, 5) is 12.7. The molecule has 0 aliphatic carbocycles. The Balaban J connectivity index is 0.00000338. The second-order valence-electron chi connectivity index (χ2n) is 6.93. The van der Waals surface area contributed by atoms with Crippen molar-refractivity contribution in [3.63, 3.8) is 0 Å². The number of nitrogens with one attached hydrogen (secondary N) is 2. The van der Waals surface area contributed by atoms with E-state index < -0.39 is 11.5 Å². The van der Waals surface area contributed by atoms with Gasteiger partial charge in [0.05, 0.1) is 24.2 Å². The van der Waals surface area contributed by atoms with Gasteiger partial charge in [-0.1, -0.05) is 12.1 Å². The van der Waals surface area contributed by atoms with Crippen molar-refractivity contribution in [2.75, 3.05) is 33.4 Å². The number of amides is 1. The number of aliphatic hydroxyl groups is 1. The van der Waals surface area contributed by atoms with E-state index in [0.717, 1.165) is 31.5 Å². The first-order valence-electron chi connectivity index (χ1n) is 8.89. The number of hydrogen-bond donors (Lipinski definition) is 3. The third-order valence-corrected chi connectivity index (χ3v) is 4.53. The Kier molecular flexibility index (Phi) is 9.36. The summed E-state index contributed by atoms with van der Waals surface area (Å²) in [5.41, 5.74) is 0.215. The summed E-state index contributed by atoms with van der Waals surface area (Å²) in [6, 6.07) is 7.35. The van der Waals surface area contributed by atoms with Crippen LogP contribution in [0.15, 0.2) is 24.3 Å². The second-order valence-corrected chi connectivity index (χ2v) is 6.93. The van der Waals surface area contributed by atoms with Crippen LogP contribution in [0.1, 0.15) is 38.4 Å². The molecule has 1 atom stereocenters. The van der Waals surface area contributed by atoms with Crippen LogP contribution in [0.2, 0.25) is 0 Å². The molecule has 1 heterocycles. The zero-order valence-corrected chi connectivity index (χ0v) is 16.6. The Morgan fingerprint density at radius 2 is 2.04 bits per heavy atom. The van der Waals surface area contributed by atoms with Gasteiger partial charge < -0.3 is 25.2 Å². The van der Waals surface area contributed by atoms with Gasteiger partial charge in [0.15, 0.2) is 0 Å². The lowest BCUT2D eigenvalue weighted by Crippen LogP contribution is -2.50. The number of halogens is 1. The van der Waals surface area contributed by atoms with E-state index >= 15 is 0 Å². The lowest BCUT2D eigenvalue weighted by Gasteiger charge is -2.35. The number of methoxy groups -OCH3 is 1. The van der Waals surface area contributed by atoms with E-state index in [9.17, 15) is 9.90 Å². The van der Waals surface area contributed by atoms with Crippen LogP contribution in [-0.2, 0) is 9.53 Å². The molecular formula is C19H31ClN2O4. The molecule has 1 aromatic rings. The van der Waals surface area contributed by atoms with Crippen LogP contribution in [0, 0.1) is 5.41 Å². The Morgan fingerprint density at radius 1 is 1.35 bits per heavy atom. The standard InChI is InChI=1S/C19H30N2O4.ClH/c1-14(2)25-16-6-4-5-15(11-16)17(22)12-21-18(23)19(13-24-3)7-9-20-10-8-19;/h4-6,11,14,17,20,22H,7-10,12-13H2,1-3H3,(H,21,23);1H. The van der Waals surface area contributed by atoms with E-state index in [1.54, 1.807) is 7.11 Å². The summed E-state index contributed by atoms with van der Waals surface area (Å²) >= 11 is 0. The van der Waals surface area contributed by atoms with Crippen LogP contribution in [0.5, 0.6) is 5.75 Å². The third-order valence-electron chi connectivity index (χ3n) is 4.53. The van der Waals surface area contributed by atoms with Gasteiger partial charge in [0.2, 0.25) is 5.91 Å². The topological polar surface area (TPSA) is 79.8 Å². The van der Waals surface area contributed by atoms with Crippen molar-refractivity contribution >= 4 is 18.3 Å². The van der Waals surface area contributed by atoms with E-state index in [1.807, 2.05) is 38.1 Å². The first-order valence-corrected chi connectivity index (χ1v) is 8.89. The molecule has 1 fully saturated rings. The normalized spacial score (nSPS) is 17.3. The van der Waals surface area contributed by atoms with Crippen LogP contribution in [0.25, 0.3) is 0 Å². The Morgan fingerprint density at radius 3 is 2.65 bits per heavy atom. The van der Waals surface area contributed by atoms with Gasteiger partial charge in [-0.3, -0.25) is 4.79 Å². The van der Waals surface area contributed by atoms with Crippen molar-refractivity contribution in [1.82, 2.24) is 10.6 Å². The molecule has 0 aromatic heterocycles. The van der Waals surface area contributed by atoms with E-state index in [0.29, 0.717) is 12.4 Å². The molecular weight excluding hydrogens is 356 g/mol. The molecule has 1 aromatic carbocycles. The fraction of sp³-hybridized carbons (Fsp3) is 0.632. The zero-order valence-electron chi connectivity index (χ0n) is 15.8. The number of hydrogen-bond acceptors (Lipinski definition) is 5. The highest BCUT2D eigenvalue weighted by atomic mass is 35.5. The number of benzene rings is 1. The summed E-state index contributed by atoms with van der Waals surface area (Å²) in [5.74, 6) is 0.663. The number of rotatable bonds is 8. The third kappa shape index (κ3) is 6.13. The molecule has 0 bridgehead atoms. The van der Waals surface area contributed by atoms with E-state index in [2.05, 4.69) is 10.6 Å². The van der Waals surface area contributed by atoms with Gasteiger partial charge >= 0.3 is 0 Å². The summed E-state index contributed by atoms with van der Waals surface area (Å²) in [6.45, 7) is 6.08. The fourth-order valence-electron chi connectivity index (χ4n) is 3.18. The maximum Gasteiger partial charge on any atom is 0.228 e. The molecule has 0 radical (unpaired) electrons. The molecule has 2 rings (SSSR count). The molecule has 0 spiro atoms. The van der Waals surface area contributed by atoms with Crippen LogP contribution in [-0.4, -0.2) is 50.5 Å². The van der Waals surface area contributed by atoms with Crippen molar-refractivity contribution in [2.24, 2.45) is 5.41 Å². The van der Waals surface area contributed by atoms with Gasteiger partial charge in [-0.25, -0.2) is 0 Å². The van der Waals surface area contributed by atoms with E-state index in [-0.39, 0.29) is 31.0 Å². The van der Waals surface area contributed by atoms with Crippen molar-refractivity contribution in [3.8, 4) is 5.75 Å². The lowest BCUT2D eigenvalue weighted by molar-refractivity contribution is -0.136. The molecule has 1 aliphatic rings. The SMILES string of the molecule is COCC1(C(=O)NCC(O)c2cccc(OC(C)C)c2)CCNCC1.Cl. The van der Waals surface area contributed by atoms with Gasteiger partial charge in [0, 0.05) is 13.7 Å². The highest BCUT2D eigenvalue weighted by Gasteiger charge is 2.39. The smallest absolute Gasteiger partial charge is 0.228 e. The van der Waals surface area contributed by atoms with Crippen molar-refractivity contribution in [2.45, 2.75) is 38.9 Å². The summed E-state index contributed by atoms with van der Waals surface area (Å²) in [7, 11) is 1.62. The highest BCUT2D eigenvalue weighted by molar-refractivity contribution is 5.85. The lowest BCUT2D eigenvalue weighted by atomic mass is 9.78. The Hall–Kier alpha value is -1.34. The predicted molar refractivity (Wildman–Crippen MR) is 104 cm³/mol. The zero-order chi connectivity index (χ0) is 18.3. The van der Waals surface area contributed by atoms with Gasteiger partial charge in [-0.15, -0.1) is 12.4 Å². The van der Waals surface area contributed by atoms with E-state index in [1.165, 1.54) is 0 Å². The second kappa shape index (κ2) is 10.7. The minimum Gasteiger partial charge on any atom is -0.491 e. The molecule has 6 nitrogen and oxygen atoms in total. The van der Waals surface area contributed by atoms with Gasteiger partial charge in [-0.05, 0) is 57.5 Å². The van der Waals surface area contributed by atoms with Crippen molar-refractivity contribution in [3.05, 3.63) is 29.8 Å². The van der Waals surface area contributed by atoms with E-state index in [4.69, 9.17) is 9.47 Å². The number of piperidine rings is 1. The summed E-state index contributed by atoms with van der Waals surface area (Å²) in [6.07, 6.45) is 0.767. The number of aliphatic hydroxyl groups excluding tert-OH is 1. The molecule has 0 saturated carbocycles.